The van der Waals surface area contributed by atoms with Crippen molar-refractivity contribution in [1.29, 1.82) is 0 Å². The van der Waals surface area contributed by atoms with E-state index >= 15 is 0 Å². The molecule has 2 nitrogen and oxygen atoms in total. The Balaban J connectivity index is 1.86. The maximum atomic E-state index is 5.45. The fraction of sp³-hybridized carbons (Fsp3) is 0.571. The molecule has 0 spiro atoms. The zero-order chi connectivity index (χ0) is 11.4. The zero-order valence-electron chi connectivity index (χ0n) is 10.3. The summed E-state index contributed by atoms with van der Waals surface area (Å²) in [5.41, 5.74) is 4.21. The van der Waals surface area contributed by atoms with E-state index in [0.717, 1.165) is 26.2 Å². The van der Waals surface area contributed by atoms with Crippen molar-refractivity contribution in [1.82, 2.24) is 5.32 Å². The summed E-state index contributed by atoms with van der Waals surface area (Å²) in [7, 11) is 0. The molecule has 0 aromatic heterocycles. The van der Waals surface area contributed by atoms with Gasteiger partial charge in [-0.2, -0.15) is 0 Å². The Hall–Kier alpha value is -0.860. The van der Waals surface area contributed by atoms with E-state index < -0.39 is 0 Å². The minimum absolute atomic E-state index is 0.537. The third-order valence-corrected chi connectivity index (χ3v) is 3.35. The molecule has 1 aromatic rings. The van der Waals surface area contributed by atoms with Gasteiger partial charge in [0, 0.05) is 12.6 Å². The Labute approximate surface area is 98.0 Å². The fourth-order valence-corrected chi connectivity index (χ4v) is 2.11. The minimum Gasteiger partial charge on any atom is -0.379 e. The van der Waals surface area contributed by atoms with Gasteiger partial charge in [-0.25, -0.2) is 0 Å². The molecule has 2 rings (SSSR count). The number of hydrogen-bond acceptors (Lipinski definition) is 2. The lowest BCUT2D eigenvalue weighted by atomic mass is 10.0. The summed E-state index contributed by atoms with van der Waals surface area (Å²) >= 11 is 0. The number of ether oxygens (including phenoxy) is 1. The van der Waals surface area contributed by atoms with Gasteiger partial charge in [-0.3, -0.25) is 0 Å². The van der Waals surface area contributed by atoms with Crippen LogP contribution in [0, 0.1) is 13.8 Å². The van der Waals surface area contributed by atoms with E-state index in [1.807, 2.05) is 0 Å². The van der Waals surface area contributed by atoms with Crippen LogP contribution in [0.2, 0.25) is 0 Å². The molecule has 0 amide bonds. The Morgan fingerprint density at radius 1 is 1.31 bits per heavy atom. The van der Waals surface area contributed by atoms with Crippen LogP contribution in [0.15, 0.2) is 18.2 Å². The van der Waals surface area contributed by atoms with Crippen molar-refractivity contribution in [2.75, 3.05) is 19.8 Å². The van der Waals surface area contributed by atoms with Crippen molar-refractivity contribution in [3.05, 3.63) is 34.9 Å². The summed E-state index contributed by atoms with van der Waals surface area (Å²) in [5, 5.41) is 3.49. The van der Waals surface area contributed by atoms with Crippen molar-refractivity contribution >= 4 is 0 Å². The molecule has 1 aliphatic heterocycles. The maximum Gasteiger partial charge on any atom is 0.0620 e. The molecular formula is C14H21NO. The van der Waals surface area contributed by atoms with Gasteiger partial charge in [0.1, 0.15) is 0 Å². The molecule has 1 fully saturated rings. The highest BCUT2D eigenvalue weighted by atomic mass is 16.5. The molecule has 1 aliphatic rings. The third kappa shape index (κ3) is 3.06. The average Bonchev–Trinajstić information content (AvgIpc) is 2.32. The molecular weight excluding hydrogens is 198 g/mol. The molecule has 1 atom stereocenters. The van der Waals surface area contributed by atoms with Crippen molar-refractivity contribution in [3.63, 3.8) is 0 Å². The molecule has 16 heavy (non-hydrogen) atoms. The molecule has 0 bridgehead atoms. The van der Waals surface area contributed by atoms with Crippen LogP contribution in [0.25, 0.3) is 0 Å². The van der Waals surface area contributed by atoms with Crippen molar-refractivity contribution < 1.29 is 4.74 Å². The molecule has 0 radical (unpaired) electrons. The number of benzene rings is 1. The fourth-order valence-electron chi connectivity index (χ4n) is 2.11. The second kappa shape index (κ2) is 5.46. The summed E-state index contributed by atoms with van der Waals surface area (Å²) in [4.78, 5) is 0. The second-order valence-electron chi connectivity index (χ2n) is 4.68. The van der Waals surface area contributed by atoms with Gasteiger partial charge < -0.3 is 10.1 Å². The number of rotatable bonds is 3. The molecule has 88 valence electrons. The second-order valence-corrected chi connectivity index (χ2v) is 4.68. The van der Waals surface area contributed by atoms with Gasteiger partial charge in [0.2, 0.25) is 0 Å². The Bertz CT molecular complexity index is 343. The normalized spacial score (nSPS) is 21.0. The van der Waals surface area contributed by atoms with E-state index in [1.165, 1.54) is 23.1 Å². The van der Waals surface area contributed by atoms with E-state index in [0.29, 0.717) is 6.04 Å². The summed E-state index contributed by atoms with van der Waals surface area (Å²) in [5.74, 6) is 0. The predicted molar refractivity (Wildman–Crippen MR) is 66.8 cm³/mol. The van der Waals surface area contributed by atoms with Crippen LogP contribution in [0.5, 0.6) is 0 Å². The average molecular weight is 219 g/mol. The zero-order valence-corrected chi connectivity index (χ0v) is 10.3. The SMILES string of the molecule is Cc1ccc(CCC2COCCN2)cc1C. The Morgan fingerprint density at radius 3 is 2.88 bits per heavy atom. The van der Waals surface area contributed by atoms with Crippen LogP contribution in [0.1, 0.15) is 23.1 Å². The molecule has 1 unspecified atom stereocenters. The molecule has 2 heteroatoms. The van der Waals surface area contributed by atoms with Crippen LogP contribution in [0.3, 0.4) is 0 Å². The lowest BCUT2D eigenvalue weighted by Crippen LogP contribution is -2.41. The molecule has 1 heterocycles. The summed E-state index contributed by atoms with van der Waals surface area (Å²) in [6.45, 7) is 7.07. The van der Waals surface area contributed by atoms with Crippen molar-refractivity contribution in [2.24, 2.45) is 0 Å². The lowest BCUT2D eigenvalue weighted by molar-refractivity contribution is 0.0743. The minimum atomic E-state index is 0.537. The van der Waals surface area contributed by atoms with Crippen LogP contribution in [-0.2, 0) is 11.2 Å². The van der Waals surface area contributed by atoms with Crippen molar-refractivity contribution in [2.45, 2.75) is 32.7 Å². The van der Waals surface area contributed by atoms with Crippen LogP contribution >= 0.6 is 0 Å². The van der Waals surface area contributed by atoms with Gasteiger partial charge in [-0.15, -0.1) is 0 Å². The van der Waals surface area contributed by atoms with Crippen LogP contribution < -0.4 is 5.32 Å². The highest BCUT2D eigenvalue weighted by Crippen LogP contribution is 2.12. The Kier molecular flexibility index (Phi) is 3.97. The first kappa shape index (κ1) is 11.6. The van der Waals surface area contributed by atoms with E-state index in [-0.39, 0.29) is 0 Å². The van der Waals surface area contributed by atoms with Crippen molar-refractivity contribution in [3.8, 4) is 0 Å². The third-order valence-electron chi connectivity index (χ3n) is 3.35. The predicted octanol–water partition coefficient (Wildman–Crippen LogP) is 2.22. The van der Waals surface area contributed by atoms with Gasteiger partial charge in [-0.1, -0.05) is 18.2 Å². The molecule has 1 saturated heterocycles. The highest BCUT2D eigenvalue weighted by Gasteiger charge is 2.12. The largest absolute Gasteiger partial charge is 0.379 e. The molecule has 0 aliphatic carbocycles. The number of nitrogens with one attached hydrogen (secondary N) is 1. The summed E-state index contributed by atoms with van der Waals surface area (Å²) < 4.78 is 5.45. The number of morpholine rings is 1. The van der Waals surface area contributed by atoms with E-state index in [9.17, 15) is 0 Å². The monoisotopic (exact) mass is 219 g/mol. The summed E-state index contributed by atoms with van der Waals surface area (Å²) in [6.07, 6.45) is 2.31. The standard InChI is InChI=1S/C14H21NO/c1-11-3-4-13(9-12(11)2)5-6-14-10-16-8-7-15-14/h3-4,9,14-15H,5-8,10H2,1-2H3. The summed E-state index contributed by atoms with van der Waals surface area (Å²) in [6, 6.07) is 7.30. The van der Waals surface area contributed by atoms with E-state index in [4.69, 9.17) is 4.74 Å². The van der Waals surface area contributed by atoms with Gasteiger partial charge in [0.25, 0.3) is 0 Å². The van der Waals surface area contributed by atoms with Gasteiger partial charge in [-0.05, 0) is 43.4 Å². The first-order valence-electron chi connectivity index (χ1n) is 6.13. The first-order chi connectivity index (χ1) is 7.75. The molecule has 1 N–H and O–H groups in total. The quantitative estimate of drug-likeness (QED) is 0.841. The van der Waals surface area contributed by atoms with Gasteiger partial charge in [0.15, 0.2) is 0 Å². The first-order valence-corrected chi connectivity index (χ1v) is 6.13. The van der Waals surface area contributed by atoms with E-state index in [2.05, 4.69) is 37.4 Å². The maximum absolute atomic E-state index is 5.45. The van der Waals surface area contributed by atoms with Gasteiger partial charge in [0.05, 0.1) is 13.2 Å². The number of hydrogen-bond donors (Lipinski definition) is 1. The Morgan fingerprint density at radius 2 is 2.19 bits per heavy atom. The highest BCUT2D eigenvalue weighted by molar-refractivity contribution is 5.29. The topological polar surface area (TPSA) is 21.3 Å². The smallest absolute Gasteiger partial charge is 0.0620 e. The van der Waals surface area contributed by atoms with Crippen LogP contribution in [0.4, 0.5) is 0 Å². The molecule has 1 aromatic carbocycles. The number of aryl methyl sites for hydroxylation is 3. The van der Waals surface area contributed by atoms with E-state index in [1.54, 1.807) is 0 Å². The van der Waals surface area contributed by atoms with Crippen LogP contribution in [-0.4, -0.2) is 25.8 Å². The molecule has 0 saturated carbocycles. The lowest BCUT2D eigenvalue weighted by Gasteiger charge is -2.23. The van der Waals surface area contributed by atoms with Gasteiger partial charge >= 0.3 is 0 Å².